The van der Waals surface area contributed by atoms with Gasteiger partial charge in [-0.05, 0) is 56.9 Å². The number of benzene rings is 1. The molecule has 4 atom stereocenters. The average molecular weight is 608 g/mol. The van der Waals surface area contributed by atoms with Crippen LogP contribution in [0.25, 0.3) is 27.8 Å². The quantitative estimate of drug-likeness (QED) is 0.250. The van der Waals surface area contributed by atoms with Crippen LogP contribution >= 0.6 is 0 Å². The number of anilines is 1. The van der Waals surface area contributed by atoms with Crippen LogP contribution in [0.2, 0.25) is 0 Å². The van der Waals surface area contributed by atoms with Crippen LogP contribution in [0.4, 0.5) is 19.0 Å². The van der Waals surface area contributed by atoms with Gasteiger partial charge < -0.3 is 14.2 Å². The van der Waals surface area contributed by atoms with Gasteiger partial charge in [-0.15, -0.1) is 10.2 Å². The van der Waals surface area contributed by atoms with Gasteiger partial charge in [0.1, 0.15) is 11.8 Å². The largest absolute Gasteiger partial charge is 0.416 e. The van der Waals surface area contributed by atoms with Crippen LogP contribution in [-0.2, 0) is 17.5 Å². The van der Waals surface area contributed by atoms with Gasteiger partial charge >= 0.3 is 6.18 Å². The van der Waals surface area contributed by atoms with E-state index >= 15 is 0 Å². The van der Waals surface area contributed by atoms with Crippen molar-refractivity contribution in [3.05, 3.63) is 54.2 Å². The van der Waals surface area contributed by atoms with Crippen molar-refractivity contribution in [1.29, 1.82) is 0 Å². The molecular weight excluding hydrogens is 571 g/mol. The number of hydrogen-bond acceptors (Lipinski definition) is 8. The highest BCUT2D eigenvalue weighted by molar-refractivity contribution is 5.86. The molecule has 44 heavy (non-hydrogen) atoms. The Labute approximate surface area is 252 Å². The summed E-state index contributed by atoms with van der Waals surface area (Å²) in [6, 6.07) is 7.58. The van der Waals surface area contributed by atoms with E-state index in [9.17, 15) is 13.2 Å². The Hall–Kier alpha value is -3.84. The number of fused-ring (bicyclic) bond motifs is 4. The lowest BCUT2D eigenvalue weighted by Gasteiger charge is -2.48. The van der Waals surface area contributed by atoms with Gasteiger partial charge in [-0.25, -0.2) is 9.38 Å². The van der Waals surface area contributed by atoms with Crippen LogP contribution in [0.5, 0.6) is 0 Å². The third kappa shape index (κ3) is 5.05. The molecule has 7 rings (SSSR count). The molecule has 0 aliphatic carbocycles. The molecule has 1 aromatic carbocycles. The summed E-state index contributed by atoms with van der Waals surface area (Å²) < 4.78 is 49.8. The first kappa shape index (κ1) is 28.9. The van der Waals surface area contributed by atoms with Crippen molar-refractivity contribution in [2.24, 2.45) is 5.92 Å². The molecule has 2 fully saturated rings. The zero-order chi connectivity index (χ0) is 30.7. The topological polar surface area (TPSA) is 89.5 Å². The molecule has 2 aliphatic heterocycles. The average Bonchev–Trinajstić information content (AvgIpc) is 3.75. The van der Waals surface area contributed by atoms with Crippen LogP contribution in [0.3, 0.4) is 0 Å². The van der Waals surface area contributed by atoms with Crippen molar-refractivity contribution in [2.45, 2.75) is 77.5 Å². The molecule has 13 heteroatoms. The zero-order valence-corrected chi connectivity index (χ0v) is 25.2. The van der Waals surface area contributed by atoms with Crippen molar-refractivity contribution in [3.8, 4) is 0 Å². The molecular formula is C31H36F3N9O. The molecule has 0 unspecified atom stereocenters. The minimum atomic E-state index is -4.39. The number of imidazole rings is 1. The number of aromatic nitrogens is 7. The summed E-state index contributed by atoms with van der Waals surface area (Å²) in [5, 5.41) is 8.91. The lowest BCUT2D eigenvalue weighted by atomic mass is 9.94. The van der Waals surface area contributed by atoms with Crippen LogP contribution in [0.15, 0.2) is 43.0 Å². The molecule has 0 bridgehead atoms. The normalized spacial score (nSPS) is 22.6. The fourth-order valence-electron chi connectivity index (χ4n) is 6.94. The minimum absolute atomic E-state index is 0.0149. The highest BCUT2D eigenvalue weighted by Gasteiger charge is 2.38. The molecule has 0 radical (unpaired) electrons. The van der Waals surface area contributed by atoms with Gasteiger partial charge in [0.25, 0.3) is 5.78 Å². The second-order valence-electron chi connectivity index (χ2n) is 12.5. The first-order valence-electron chi connectivity index (χ1n) is 15.2. The number of rotatable bonds is 6. The summed E-state index contributed by atoms with van der Waals surface area (Å²) in [4.78, 5) is 19.4. The number of alkyl halides is 3. The van der Waals surface area contributed by atoms with E-state index in [1.807, 2.05) is 16.8 Å². The Kier molecular flexibility index (Phi) is 7.19. The number of halogens is 3. The van der Waals surface area contributed by atoms with E-state index in [2.05, 4.69) is 52.3 Å². The first-order chi connectivity index (χ1) is 21.1. The van der Waals surface area contributed by atoms with Crippen molar-refractivity contribution >= 4 is 33.7 Å². The molecule has 0 amide bonds. The van der Waals surface area contributed by atoms with E-state index in [1.54, 1.807) is 12.4 Å². The Morgan fingerprint density at radius 2 is 1.86 bits per heavy atom. The van der Waals surface area contributed by atoms with Crippen LogP contribution in [0, 0.1) is 5.92 Å². The van der Waals surface area contributed by atoms with Crippen LogP contribution in [-0.4, -0.2) is 76.9 Å². The number of ether oxygens (including phenoxy) is 1. The Balaban J connectivity index is 1.20. The monoisotopic (exact) mass is 607 g/mol. The fourth-order valence-corrected chi connectivity index (χ4v) is 6.94. The maximum Gasteiger partial charge on any atom is 0.416 e. The predicted octanol–water partition coefficient (Wildman–Crippen LogP) is 5.52. The van der Waals surface area contributed by atoms with Gasteiger partial charge in [-0.1, -0.05) is 19.9 Å². The van der Waals surface area contributed by atoms with Gasteiger partial charge in [0.15, 0.2) is 11.5 Å². The Morgan fingerprint density at radius 3 is 2.61 bits per heavy atom. The smallest absolute Gasteiger partial charge is 0.376 e. The summed E-state index contributed by atoms with van der Waals surface area (Å²) in [6.45, 7) is 11.7. The highest BCUT2D eigenvalue weighted by Crippen LogP contribution is 2.37. The third-order valence-corrected chi connectivity index (χ3v) is 9.05. The number of pyridine rings is 1. The van der Waals surface area contributed by atoms with E-state index in [0.717, 1.165) is 54.7 Å². The maximum absolute atomic E-state index is 13.3. The second-order valence-corrected chi connectivity index (χ2v) is 12.5. The van der Waals surface area contributed by atoms with E-state index in [1.165, 1.54) is 12.1 Å². The van der Waals surface area contributed by atoms with Crippen molar-refractivity contribution < 1.29 is 17.9 Å². The molecule has 232 valence electrons. The van der Waals surface area contributed by atoms with Crippen LogP contribution < -0.4 is 4.90 Å². The summed E-state index contributed by atoms with van der Waals surface area (Å²) in [5.74, 6) is 1.54. The summed E-state index contributed by atoms with van der Waals surface area (Å²) in [6.07, 6.45) is 1.40. The number of nitrogens with zero attached hydrogens (tertiary/aromatic N) is 9. The van der Waals surface area contributed by atoms with Gasteiger partial charge in [0.2, 0.25) is 0 Å². The summed E-state index contributed by atoms with van der Waals surface area (Å²) >= 11 is 0. The van der Waals surface area contributed by atoms with E-state index in [4.69, 9.17) is 19.7 Å². The van der Waals surface area contributed by atoms with Crippen molar-refractivity contribution in [1.82, 2.24) is 39.0 Å². The molecule has 0 N–H and O–H groups in total. The van der Waals surface area contributed by atoms with E-state index in [-0.39, 0.29) is 30.1 Å². The fraction of sp³-hybridized carbons (Fsp3) is 0.516. The first-order valence-corrected chi connectivity index (χ1v) is 15.2. The molecule has 2 aliphatic rings. The summed E-state index contributed by atoms with van der Waals surface area (Å²) in [7, 11) is 0. The lowest BCUT2D eigenvalue weighted by molar-refractivity contribution is -0.137. The SMILES string of the molecule is CC(C)[C@@H](c1ccc2cc(C(F)(F)F)ccc2n1)N1C[C@H](C)N(c2nc3nncn3c3c2ncn3C[C@@H]2CCCO2)C[C@H]1C. The van der Waals surface area contributed by atoms with Gasteiger partial charge in [-0.3, -0.25) is 9.88 Å². The molecule has 0 saturated carbocycles. The van der Waals surface area contributed by atoms with Crippen molar-refractivity contribution in [3.63, 3.8) is 0 Å². The third-order valence-electron chi connectivity index (χ3n) is 9.05. The molecule has 0 spiro atoms. The van der Waals surface area contributed by atoms with Gasteiger partial charge in [-0.2, -0.15) is 18.2 Å². The Bertz CT molecular complexity index is 1810. The zero-order valence-electron chi connectivity index (χ0n) is 25.2. The molecule has 4 aromatic heterocycles. The second kappa shape index (κ2) is 11.0. The van der Waals surface area contributed by atoms with Gasteiger partial charge in [0, 0.05) is 37.2 Å². The predicted molar refractivity (Wildman–Crippen MR) is 160 cm³/mol. The van der Waals surface area contributed by atoms with Gasteiger partial charge in [0.05, 0.1) is 41.8 Å². The Morgan fingerprint density at radius 1 is 1.02 bits per heavy atom. The highest BCUT2D eigenvalue weighted by atomic mass is 19.4. The molecule has 2 saturated heterocycles. The van der Waals surface area contributed by atoms with E-state index < -0.39 is 11.7 Å². The van der Waals surface area contributed by atoms with Crippen molar-refractivity contribution in [2.75, 3.05) is 24.6 Å². The molecule has 5 aromatic rings. The van der Waals surface area contributed by atoms with E-state index in [0.29, 0.717) is 29.8 Å². The number of piperazine rings is 1. The minimum Gasteiger partial charge on any atom is -0.376 e. The summed E-state index contributed by atoms with van der Waals surface area (Å²) in [5.41, 5.74) is 2.46. The number of hydrogen-bond donors (Lipinski definition) is 0. The molecule has 6 heterocycles. The van der Waals surface area contributed by atoms with Crippen LogP contribution in [0.1, 0.15) is 57.8 Å². The standard InChI is InChI=1S/C31H36F3N9O/c1-18(2)27(25-9-7-21-12-22(31(32,33)34)8-10-24(21)37-25)41-13-20(4)42(14-19(41)3)28-26-29(43-17-36-39-30(43)38-28)40(16-35-26)15-23-6-5-11-44-23/h7-10,12,16-20,23,27H,5-6,11,13-15H2,1-4H3/t19-,20+,23+,27+/m1/s1. The molecule has 10 nitrogen and oxygen atoms in total. The lowest BCUT2D eigenvalue weighted by Crippen LogP contribution is -2.58. The maximum atomic E-state index is 13.3.